The van der Waals surface area contributed by atoms with E-state index in [-0.39, 0.29) is 5.91 Å². The number of aryl methyl sites for hydroxylation is 2. The molecule has 0 aromatic carbocycles. The number of anilines is 1. The third kappa shape index (κ3) is 2.72. The molecule has 5 nitrogen and oxygen atoms in total. The van der Waals surface area contributed by atoms with Gasteiger partial charge in [-0.1, -0.05) is 13.0 Å². The Labute approximate surface area is 108 Å². The highest BCUT2D eigenvalue weighted by Gasteiger charge is 2.23. The second-order valence-corrected chi connectivity index (χ2v) is 4.20. The van der Waals surface area contributed by atoms with Crippen LogP contribution in [-0.2, 0) is 6.54 Å². The molecule has 5 heteroatoms. The van der Waals surface area contributed by atoms with E-state index in [0.29, 0.717) is 36.7 Å². The Balaban J connectivity index is 3.10. The lowest BCUT2D eigenvalue weighted by Gasteiger charge is -2.21. The zero-order valence-corrected chi connectivity index (χ0v) is 11.4. The molecule has 100 valence electrons. The Hall–Kier alpha value is -1.78. The Morgan fingerprint density at radius 1 is 1.56 bits per heavy atom. The SMILES string of the molecule is C=CCN(CCC)C(=O)c1c(N)c(C)nn1CC. The molecule has 1 aromatic rings. The number of nitrogens with zero attached hydrogens (tertiary/aromatic N) is 3. The molecular weight excluding hydrogens is 228 g/mol. The van der Waals surface area contributed by atoms with Crippen LogP contribution < -0.4 is 5.73 Å². The molecule has 1 aromatic heterocycles. The minimum absolute atomic E-state index is 0.0725. The number of nitrogen functional groups attached to an aromatic ring is 1. The van der Waals surface area contributed by atoms with Crippen LogP contribution in [0, 0.1) is 6.92 Å². The van der Waals surface area contributed by atoms with Crippen molar-refractivity contribution < 1.29 is 4.79 Å². The number of hydrogen-bond acceptors (Lipinski definition) is 3. The first-order valence-electron chi connectivity index (χ1n) is 6.29. The molecule has 1 rings (SSSR count). The van der Waals surface area contributed by atoms with E-state index in [1.54, 1.807) is 15.7 Å². The minimum Gasteiger partial charge on any atom is -0.395 e. The maximum Gasteiger partial charge on any atom is 0.274 e. The predicted molar refractivity (Wildman–Crippen MR) is 73.4 cm³/mol. The molecule has 0 radical (unpaired) electrons. The minimum atomic E-state index is -0.0725. The lowest BCUT2D eigenvalue weighted by Crippen LogP contribution is -2.34. The lowest BCUT2D eigenvalue weighted by atomic mass is 10.2. The highest BCUT2D eigenvalue weighted by atomic mass is 16.2. The van der Waals surface area contributed by atoms with Gasteiger partial charge >= 0.3 is 0 Å². The summed E-state index contributed by atoms with van der Waals surface area (Å²) in [6, 6.07) is 0. The molecule has 0 atom stereocenters. The van der Waals surface area contributed by atoms with Crippen molar-refractivity contribution in [2.75, 3.05) is 18.8 Å². The van der Waals surface area contributed by atoms with E-state index in [0.717, 1.165) is 6.42 Å². The van der Waals surface area contributed by atoms with Gasteiger partial charge in [0.05, 0.1) is 11.4 Å². The van der Waals surface area contributed by atoms with Gasteiger partial charge in [0.25, 0.3) is 5.91 Å². The monoisotopic (exact) mass is 250 g/mol. The molecule has 0 saturated carbocycles. The summed E-state index contributed by atoms with van der Waals surface area (Å²) in [5.41, 5.74) is 7.63. The number of aromatic nitrogens is 2. The molecule has 18 heavy (non-hydrogen) atoms. The number of carbonyl (C=O) groups is 1. The Kier molecular flexibility index (Phi) is 4.95. The van der Waals surface area contributed by atoms with Crippen molar-refractivity contribution in [3.63, 3.8) is 0 Å². The van der Waals surface area contributed by atoms with Crippen LogP contribution in [0.5, 0.6) is 0 Å². The standard InChI is InChI=1S/C13H22N4O/c1-5-8-16(9-6-2)13(18)12-11(14)10(4)15-17(12)7-3/h5H,1,6-9,14H2,2-4H3. The van der Waals surface area contributed by atoms with E-state index in [1.807, 2.05) is 20.8 Å². The summed E-state index contributed by atoms with van der Waals surface area (Å²) in [6.45, 7) is 11.3. The van der Waals surface area contributed by atoms with E-state index < -0.39 is 0 Å². The van der Waals surface area contributed by atoms with E-state index in [2.05, 4.69) is 11.7 Å². The zero-order chi connectivity index (χ0) is 13.7. The average Bonchev–Trinajstić information content (AvgIpc) is 2.64. The molecule has 0 fully saturated rings. The van der Waals surface area contributed by atoms with Gasteiger partial charge in [-0.3, -0.25) is 9.48 Å². The summed E-state index contributed by atoms with van der Waals surface area (Å²) in [5.74, 6) is -0.0725. The molecule has 2 N–H and O–H groups in total. The van der Waals surface area contributed by atoms with Crippen LogP contribution >= 0.6 is 0 Å². The van der Waals surface area contributed by atoms with Gasteiger partial charge in [0.1, 0.15) is 5.69 Å². The van der Waals surface area contributed by atoms with Gasteiger partial charge < -0.3 is 10.6 Å². The van der Waals surface area contributed by atoms with Gasteiger partial charge in [0.15, 0.2) is 0 Å². The van der Waals surface area contributed by atoms with E-state index in [9.17, 15) is 4.79 Å². The second kappa shape index (κ2) is 6.23. The molecule has 0 aliphatic carbocycles. The van der Waals surface area contributed by atoms with Crippen molar-refractivity contribution in [3.05, 3.63) is 24.0 Å². The highest BCUT2D eigenvalue weighted by molar-refractivity contribution is 5.98. The summed E-state index contributed by atoms with van der Waals surface area (Å²) in [5, 5.41) is 4.27. The van der Waals surface area contributed by atoms with Gasteiger partial charge in [0.2, 0.25) is 0 Å². The van der Waals surface area contributed by atoms with Gasteiger partial charge in [-0.05, 0) is 20.3 Å². The van der Waals surface area contributed by atoms with Crippen LogP contribution in [0.15, 0.2) is 12.7 Å². The van der Waals surface area contributed by atoms with Gasteiger partial charge in [-0.25, -0.2) is 0 Å². The van der Waals surface area contributed by atoms with Crippen molar-refractivity contribution in [2.24, 2.45) is 0 Å². The number of rotatable bonds is 6. The fourth-order valence-corrected chi connectivity index (χ4v) is 1.90. The fourth-order valence-electron chi connectivity index (χ4n) is 1.90. The van der Waals surface area contributed by atoms with Gasteiger partial charge in [-0.15, -0.1) is 6.58 Å². The third-order valence-electron chi connectivity index (χ3n) is 2.81. The van der Waals surface area contributed by atoms with Crippen LogP contribution in [0.1, 0.15) is 36.5 Å². The van der Waals surface area contributed by atoms with Crippen LogP contribution in [0.4, 0.5) is 5.69 Å². The first kappa shape index (κ1) is 14.3. The average molecular weight is 250 g/mol. The normalized spacial score (nSPS) is 10.4. The van der Waals surface area contributed by atoms with Crippen LogP contribution in [0.3, 0.4) is 0 Å². The third-order valence-corrected chi connectivity index (χ3v) is 2.81. The van der Waals surface area contributed by atoms with Gasteiger partial charge in [-0.2, -0.15) is 5.10 Å². The van der Waals surface area contributed by atoms with Crippen LogP contribution in [0.2, 0.25) is 0 Å². The number of hydrogen-bond donors (Lipinski definition) is 1. The number of nitrogens with two attached hydrogens (primary N) is 1. The second-order valence-electron chi connectivity index (χ2n) is 4.20. The summed E-state index contributed by atoms with van der Waals surface area (Å²) < 4.78 is 1.67. The highest BCUT2D eigenvalue weighted by Crippen LogP contribution is 2.18. The molecule has 0 unspecified atom stereocenters. The predicted octanol–water partition coefficient (Wildman–Crippen LogP) is 1.83. The maximum absolute atomic E-state index is 12.5. The zero-order valence-electron chi connectivity index (χ0n) is 11.4. The Morgan fingerprint density at radius 2 is 2.22 bits per heavy atom. The lowest BCUT2D eigenvalue weighted by molar-refractivity contribution is 0.0762. The van der Waals surface area contributed by atoms with E-state index in [1.165, 1.54) is 0 Å². The smallest absolute Gasteiger partial charge is 0.274 e. The first-order chi connectivity index (χ1) is 8.56. The largest absolute Gasteiger partial charge is 0.395 e. The summed E-state index contributed by atoms with van der Waals surface area (Å²) in [4.78, 5) is 14.2. The molecular formula is C13H22N4O. The van der Waals surface area contributed by atoms with Crippen LogP contribution in [-0.4, -0.2) is 33.7 Å². The topological polar surface area (TPSA) is 64.2 Å². The summed E-state index contributed by atoms with van der Waals surface area (Å²) >= 11 is 0. The van der Waals surface area contributed by atoms with Crippen molar-refractivity contribution >= 4 is 11.6 Å². The van der Waals surface area contributed by atoms with Crippen molar-refractivity contribution in [2.45, 2.75) is 33.7 Å². The summed E-state index contributed by atoms with van der Waals surface area (Å²) in [6.07, 6.45) is 2.63. The van der Waals surface area contributed by atoms with Gasteiger partial charge in [0, 0.05) is 19.6 Å². The molecule has 0 aliphatic rings. The molecule has 0 saturated heterocycles. The molecule has 0 bridgehead atoms. The Morgan fingerprint density at radius 3 is 2.72 bits per heavy atom. The van der Waals surface area contributed by atoms with E-state index >= 15 is 0 Å². The first-order valence-corrected chi connectivity index (χ1v) is 6.29. The number of carbonyl (C=O) groups excluding carboxylic acids is 1. The molecule has 0 spiro atoms. The maximum atomic E-state index is 12.5. The van der Waals surface area contributed by atoms with E-state index in [4.69, 9.17) is 5.73 Å². The molecule has 1 heterocycles. The fraction of sp³-hybridized carbons (Fsp3) is 0.538. The number of amides is 1. The van der Waals surface area contributed by atoms with Crippen molar-refractivity contribution in [3.8, 4) is 0 Å². The quantitative estimate of drug-likeness (QED) is 0.783. The summed E-state index contributed by atoms with van der Waals surface area (Å²) in [7, 11) is 0. The molecule has 1 amide bonds. The Bertz CT molecular complexity index is 436. The van der Waals surface area contributed by atoms with Crippen molar-refractivity contribution in [1.29, 1.82) is 0 Å². The van der Waals surface area contributed by atoms with Crippen LogP contribution in [0.25, 0.3) is 0 Å². The van der Waals surface area contributed by atoms with Crippen molar-refractivity contribution in [1.82, 2.24) is 14.7 Å². The molecule has 0 aliphatic heterocycles.